The molecule has 0 unspecified atom stereocenters. The largest absolute Gasteiger partial charge is 1.00 e. The fourth-order valence-corrected chi connectivity index (χ4v) is 0. The maximum Gasteiger partial charge on any atom is 1.00 e. The SMILES string of the molecule is O=S(=O)(O)O.[N-]=[N+]=[N-].[Na+].[Na+]. The molecule has 2 N–H and O–H groups in total. The van der Waals surface area contributed by atoms with Crippen LogP contribution in [0.15, 0.2) is 0 Å². The topological polar surface area (TPSA) is 133 Å². The molecule has 0 spiro atoms. The van der Waals surface area contributed by atoms with Crippen LogP contribution in [0, 0.1) is 0 Å². The predicted octanol–water partition coefficient (Wildman–Crippen LogP) is -5.78. The van der Waals surface area contributed by atoms with Crippen LogP contribution in [0.4, 0.5) is 0 Å². The zero-order valence-electron chi connectivity index (χ0n) is 5.46. The van der Waals surface area contributed by atoms with Crippen molar-refractivity contribution in [3.05, 3.63) is 16.0 Å². The van der Waals surface area contributed by atoms with E-state index in [1.54, 1.807) is 0 Å². The molecule has 0 aromatic carbocycles. The fraction of sp³-hybridized carbons (Fsp3) is 0. The van der Waals surface area contributed by atoms with Gasteiger partial charge in [-0.3, -0.25) is 14.0 Å². The third-order valence-electron chi connectivity index (χ3n) is 0. The molecular formula is H2N3Na2O4S+. The van der Waals surface area contributed by atoms with Crippen molar-refractivity contribution in [1.82, 2.24) is 0 Å². The second-order valence-corrected chi connectivity index (χ2v) is 1.43. The number of rotatable bonds is 0. The quantitative estimate of drug-likeness (QED) is 0.128. The average molecular weight is 186 g/mol. The maximum absolute atomic E-state index is 8.74. The number of nitrogens with zero attached hydrogens (tertiary/aromatic N) is 3. The maximum atomic E-state index is 8.74. The number of hydrogen-bond donors (Lipinski definition) is 2. The van der Waals surface area contributed by atoms with Gasteiger partial charge in [-0.25, -0.2) is 0 Å². The molecule has 0 radical (unpaired) electrons. The van der Waals surface area contributed by atoms with Gasteiger partial charge in [-0.1, -0.05) is 0 Å². The Morgan fingerprint density at radius 2 is 1.10 bits per heavy atom. The van der Waals surface area contributed by atoms with Crippen molar-refractivity contribution in [2.75, 3.05) is 0 Å². The van der Waals surface area contributed by atoms with E-state index in [1.807, 2.05) is 0 Å². The normalized spacial score (nSPS) is 6.60. The van der Waals surface area contributed by atoms with Crippen molar-refractivity contribution in [3.63, 3.8) is 0 Å². The van der Waals surface area contributed by atoms with Crippen LogP contribution < -0.4 is 59.1 Å². The minimum Gasteiger partial charge on any atom is -0.373 e. The van der Waals surface area contributed by atoms with Crippen molar-refractivity contribution in [3.8, 4) is 0 Å². The summed E-state index contributed by atoms with van der Waals surface area (Å²) in [4.78, 5) is 1.50. The molecule has 0 aromatic rings. The van der Waals surface area contributed by atoms with Crippen molar-refractivity contribution >= 4 is 10.4 Å². The van der Waals surface area contributed by atoms with E-state index < -0.39 is 10.4 Å². The first kappa shape index (κ1) is 22.5. The van der Waals surface area contributed by atoms with Crippen LogP contribution in [-0.2, 0) is 10.4 Å². The van der Waals surface area contributed by atoms with Gasteiger partial charge in [0.05, 0.1) is 0 Å². The molecule has 0 fully saturated rings. The van der Waals surface area contributed by atoms with Crippen LogP contribution in [0.25, 0.3) is 16.0 Å². The molecule has 7 nitrogen and oxygen atoms in total. The molecule has 0 saturated heterocycles. The summed E-state index contributed by atoms with van der Waals surface area (Å²) in [5.74, 6) is 0. The molecule has 0 aliphatic carbocycles. The predicted molar refractivity (Wildman–Crippen MR) is 24.3 cm³/mol. The van der Waals surface area contributed by atoms with Crippen molar-refractivity contribution in [1.29, 1.82) is 0 Å². The van der Waals surface area contributed by atoms with Crippen LogP contribution in [0.3, 0.4) is 0 Å². The first-order valence-electron chi connectivity index (χ1n) is 1.10. The second kappa shape index (κ2) is 12.8. The molecule has 0 rings (SSSR count). The van der Waals surface area contributed by atoms with Gasteiger partial charge in [-0.2, -0.15) is 8.42 Å². The van der Waals surface area contributed by atoms with Gasteiger partial charge in [0.1, 0.15) is 0 Å². The summed E-state index contributed by atoms with van der Waals surface area (Å²) in [5, 5.41) is 0. The Hall–Kier alpha value is 1.18. The summed E-state index contributed by atoms with van der Waals surface area (Å²) in [6.45, 7) is 0. The Bertz CT molecular complexity index is 159. The Kier molecular flexibility index (Phi) is 28.8. The molecule has 0 atom stereocenters. The molecule has 0 bridgehead atoms. The Balaban J connectivity index is -0.0000000326. The Morgan fingerprint density at radius 1 is 1.10 bits per heavy atom. The van der Waals surface area contributed by atoms with E-state index in [9.17, 15) is 0 Å². The zero-order chi connectivity index (χ0) is 7.21. The van der Waals surface area contributed by atoms with E-state index in [-0.39, 0.29) is 59.1 Å². The minimum absolute atomic E-state index is 0. The van der Waals surface area contributed by atoms with Gasteiger partial charge in [0.2, 0.25) is 0 Å². The van der Waals surface area contributed by atoms with Crippen molar-refractivity contribution in [2.45, 2.75) is 0 Å². The Morgan fingerprint density at radius 3 is 1.10 bits per heavy atom. The van der Waals surface area contributed by atoms with E-state index >= 15 is 0 Å². The van der Waals surface area contributed by atoms with Gasteiger partial charge in [0, 0.05) is 0 Å². The third kappa shape index (κ3) is 441. The molecule has 0 aliphatic rings. The minimum atomic E-state index is -4.67. The van der Waals surface area contributed by atoms with E-state index in [1.165, 1.54) is 4.91 Å². The molecule has 0 aliphatic heterocycles. The van der Waals surface area contributed by atoms with Crippen LogP contribution in [0.5, 0.6) is 0 Å². The number of hydrogen-bond acceptors (Lipinski definition) is 2. The third-order valence-corrected chi connectivity index (χ3v) is 0. The van der Waals surface area contributed by atoms with Gasteiger partial charge in [0.25, 0.3) is 0 Å². The first-order chi connectivity index (χ1) is 3.41. The van der Waals surface area contributed by atoms with Crippen LogP contribution in [0.1, 0.15) is 0 Å². The summed E-state index contributed by atoms with van der Waals surface area (Å²) in [6, 6.07) is 0. The van der Waals surface area contributed by atoms with Crippen molar-refractivity contribution in [2.24, 2.45) is 0 Å². The van der Waals surface area contributed by atoms with Gasteiger partial charge in [-0.15, -0.1) is 0 Å². The van der Waals surface area contributed by atoms with Gasteiger partial charge in [-0.05, 0) is 0 Å². The standard InChI is InChI=1S/N3.2Na.H2O4S/c1-3-2;;;1-5(2,3)4/h;;;(H2,1,2,3,4)/q-1;2*+1;. The summed E-state index contributed by atoms with van der Waals surface area (Å²) in [5.41, 5.74) is 13.5. The fourth-order valence-electron chi connectivity index (χ4n) is 0. The molecule has 0 amide bonds. The van der Waals surface area contributed by atoms with Gasteiger partial charge < -0.3 is 11.1 Å². The second-order valence-electron chi connectivity index (χ2n) is 0.537. The average Bonchev–Trinajstić information content (AvgIpc) is 1.27. The van der Waals surface area contributed by atoms with E-state index in [0.717, 1.165) is 0 Å². The smallest absolute Gasteiger partial charge is 0.373 e. The summed E-state index contributed by atoms with van der Waals surface area (Å²) in [7, 11) is -4.67. The molecule has 0 aromatic heterocycles. The van der Waals surface area contributed by atoms with Crippen LogP contribution >= 0.6 is 0 Å². The summed E-state index contributed by atoms with van der Waals surface area (Å²) < 4.78 is 31.6. The molecular weight excluding hydrogens is 184 g/mol. The molecule has 0 heterocycles. The Labute approximate surface area is 102 Å². The molecule has 0 saturated carbocycles. The van der Waals surface area contributed by atoms with Crippen LogP contribution in [-0.4, -0.2) is 17.5 Å². The first-order valence-corrected chi connectivity index (χ1v) is 2.50. The summed E-state index contributed by atoms with van der Waals surface area (Å²) in [6.07, 6.45) is 0. The zero-order valence-corrected chi connectivity index (χ0v) is 10.3. The molecule has 10 heavy (non-hydrogen) atoms. The summed E-state index contributed by atoms with van der Waals surface area (Å²) >= 11 is 0. The van der Waals surface area contributed by atoms with Crippen LogP contribution in [0.2, 0.25) is 0 Å². The molecule has 48 valence electrons. The van der Waals surface area contributed by atoms with Gasteiger partial charge >= 0.3 is 69.5 Å². The van der Waals surface area contributed by atoms with Gasteiger partial charge in [0.15, 0.2) is 0 Å². The molecule has 10 heteroatoms. The van der Waals surface area contributed by atoms with Crippen molar-refractivity contribution < 1.29 is 76.6 Å². The van der Waals surface area contributed by atoms with E-state index in [4.69, 9.17) is 28.6 Å². The van der Waals surface area contributed by atoms with E-state index in [2.05, 4.69) is 0 Å². The monoisotopic (exact) mass is 186 g/mol. The van der Waals surface area contributed by atoms with E-state index in [0.29, 0.717) is 0 Å².